The van der Waals surface area contributed by atoms with Crippen molar-refractivity contribution >= 4 is 11.9 Å². The number of carbonyl (C=O) groups excluding carboxylic acids is 1. The fourth-order valence-electron chi connectivity index (χ4n) is 3.01. The molecular formula is C16H20N2O3. The number of benzene rings is 1. The molecule has 1 unspecified atom stereocenters. The molecule has 5 heteroatoms. The Hall–Kier alpha value is -1.88. The molecule has 1 aromatic carbocycles. The maximum Gasteiger partial charge on any atom is 0.305 e. The quantitative estimate of drug-likeness (QED) is 0.763. The zero-order valence-electron chi connectivity index (χ0n) is 11.9. The number of hydrogen-bond acceptors (Lipinski definition) is 3. The summed E-state index contributed by atoms with van der Waals surface area (Å²) in [6.45, 7) is 1.66. The van der Waals surface area contributed by atoms with E-state index in [2.05, 4.69) is 10.6 Å². The summed E-state index contributed by atoms with van der Waals surface area (Å²) in [6.07, 6.45) is 2.86. The Balaban J connectivity index is 1.77. The number of aliphatic carboxylic acids is 1. The van der Waals surface area contributed by atoms with Crippen LogP contribution in [-0.4, -0.2) is 29.6 Å². The highest BCUT2D eigenvalue weighted by atomic mass is 16.4. The summed E-state index contributed by atoms with van der Waals surface area (Å²) in [6, 6.07) is 5.52. The van der Waals surface area contributed by atoms with Crippen LogP contribution in [0.15, 0.2) is 18.2 Å². The van der Waals surface area contributed by atoms with E-state index in [1.165, 1.54) is 0 Å². The van der Waals surface area contributed by atoms with E-state index < -0.39 is 5.97 Å². The van der Waals surface area contributed by atoms with Crippen molar-refractivity contribution in [3.8, 4) is 0 Å². The Bertz CT molecular complexity index is 567. The molecule has 1 aliphatic carbocycles. The Morgan fingerprint density at radius 2 is 2.19 bits per heavy atom. The minimum Gasteiger partial charge on any atom is -0.481 e. The van der Waals surface area contributed by atoms with Gasteiger partial charge in [-0.3, -0.25) is 9.59 Å². The first-order chi connectivity index (χ1) is 10.1. The van der Waals surface area contributed by atoms with Gasteiger partial charge < -0.3 is 15.7 Å². The molecule has 21 heavy (non-hydrogen) atoms. The molecule has 5 nitrogen and oxygen atoms in total. The Labute approximate surface area is 123 Å². The monoisotopic (exact) mass is 288 g/mol. The first-order valence-corrected chi connectivity index (χ1v) is 7.49. The van der Waals surface area contributed by atoms with Crippen LogP contribution < -0.4 is 10.6 Å². The molecule has 2 aliphatic rings. The maximum absolute atomic E-state index is 12.5. The first-order valence-electron chi connectivity index (χ1n) is 7.49. The minimum atomic E-state index is -0.855. The number of carboxylic acids is 1. The van der Waals surface area contributed by atoms with E-state index in [1.54, 1.807) is 0 Å². The number of rotatable bonds is 5. The lowest BCUT2D eigenvalue weighted by Crippen LogP contribution is -2.39. The average Bonchev–Trinajstić information content (AvgIpc) is 3.30. The second-order valence-electron chi connectivity index (χ2n) is 5.89. The van der Waals surface area contributed by atoms with Crippen LogP contribution >= 0.6 is 0 Å². The topological polar surface area (TPSA) is 78.4 Å². The number of nitrogens with one attached hydrogen (secondary N) is 2. The number of hydrogen-bond donors (Lipinski definition) is 3. The van der Waals surface area contributed by atoms with Crippen molar-refractivity contribution in [3.63, 3.8) is 0 Å². The predicted octanol–water partition coefficient (Wildman–Crippen LogP) is 1.32. The van der Waals surface area contributed by atoms with Gasteiger partial charge in [0.05, 0.1) is 6.42 Å². The van der Waals surface area contributed by atoms with Gasteiger partial charge in [-0.2, -0.15) is 0 Å². The van der Waals surface area contributed by atoms with Gasteiger partial charge in [0.25, 0.3) is 5.91 Å². The van der Waals surface area contributed by atoms with Crippen molar-refractivity contribution < 1.29 is 14.7 Å². The van der Waals surface area contributed by atoms with Crippen LogP contribution in [0.3, 0.4) is 0 Å². The summed E-state index contributed by atoms with van der Waals surface area (Å²) in [5, 5.41) is 15.2. The number of amides is 1. The summed E-state index contributed by atoms with van der Waals surface area (Å²) in [7, 11) is 0. The molecule has 1 aliphatic heterocycles. The van der Waals surface area contributed by atoms with Gasteiger partial charge in [-0.05, 0) is 48.9 Å². The van der Waals surface area contributed by atoms with E-state index in [1.807, 2.05) is 18.2 Å². The Kier molecular flexibility index (Phi) is 3.92. The first kappa shape index (κ1) is 14.1. The van der Waals surface area contributed by atoms with Crippen LogP contribution in [0.2, 0.25) is 0 Å². The molecule has 0 bridgehead atoms. The van der Waals surface area contributed by atoms with Gasteiger partial charge in [0, 0.05) is 18.2 Å². The second kappa shape index (κ2) is 5.85. The summed E-state index contributed by atoms with van der Waals surface area (Å²) in [4.78, 5) is 23.4. The standard InChI is InChI=1S/C16H20N2O3/c19-15(20)8-14(10-4-5-10)18-16(21)13-3-1-2-11-9-17-7-6-12(11)13/h1-3,10,14,17H,4-9H2,(H,18,21)(H,19,20). The zero-order chi connectivity index (χ0) is 14.8. The van der Waals surface area contributed by atoms with Crippen molar-refractivity contribution in [2.75, 3.05) is 6.54 Å². The molecule has 1 saturated carbocycles. The van der Waals surface area contributed by atoms with E-state index in [-0.39, 0.29) is 18.4 Å². The lowest BCUT2D eigenvalue weighted by atomic mass is 9.94. The van der Waals surface area contributed by atoms with Crippen molar-refractivity contribution in [2.45, 2.75) is 38.3 Å². The van der Waals surface area contributed by atoms with Crippen LogP contribution in [0, 0.1) is 5.92 Å². The van der Waals surface area contributed by atoms with Crippen LogP contribution in [0.1, 0.15) is 40.7 Å². The van der Waals surface area contributed by atoms with Gasteiger partial charge in [-0.25, -0.2) is 0 Å². The summed E-state index contributed by atoms with van der Waals surface area (Å²) in [5.74, 6) is -0.662. The SMILES string of the molecule is O=C(O)CC(NC(=O)c1cccc2c1CCNC2)C1CC1. The molecule has 1 fully saturated rings. The number of fused-ring (bicyclic) bond motifs is 1. The highest BCUT2D eigenvalue weighted by Gasteiger charge is 2.34. The second-order valence-corrected chi connectivity index (χ2v) is 5.89. The number of carboxylic acid groups (broad SMARTS) is 1. The summed E-state index contributed by atoms with van der Waals surface area (Å²) in [5.41, 5.74) is 2.96. The molecule has 3 rings (SSSR count). The van der Waals surface area contributed by atoms with Gasteiger partial charge >= 0.3 is 5.97 Å². The van der Waals surface area contributed by atoms with Gasteiger partial charge in [0.15, 0.2) is 0 Å². The normalized spacial score (nSPS) is 18.7. The molecular weight excluding hydrogens is 268 g/mol. The lowest BCUT2D eigenvalue weighted by molar-refractivity contribution is -0.137. The third-order valence-corrected chi connectivity index (χ3v) is 4.29. The van der Waals surface area contributed by atoms with E-state index in [0.717, 1.165) is 43.5 Å². The van der Waals surface area contributed by atoms with Gasteiger partial charge in [-0.1, -0.05) is 12.1 Å². The molecule has 1 heterocycles. The molecule has 0 aromatic heterocycles. The van der Waals surface area contributed by atoms with Crippen molar-refractivity contribution in [1.29, 1.82) is 0 Å². The van der Waals surface area contributed by atoms with Crippen LogP contribution in [0.5, 0.6) is 0 Å². The minimum absolute atomic E-state index is 0.00693. The molecule has 3 N–H and O–H groups in total. The zero-order valence-corrected chi connectivity index (χ0v) is 11.9. The Morgan fingerprint density at radius 1 is 1.38 bits per heavy atom. The van der Waals surface area contributed by atoms with Gasteiger partial charge in [0.1, 0.15) is 0 Å². The molecule has 112 valence electrons. The van der Waals surface area contributed by atoms with Crippen molar-refractivity contribution in [2.24, 2.45) is 5.92 Å². The summed E-state index contributed by atoms with van der Waals surface area (Å²) >= 11 is 0. The Morgan fingerprint density at radius 3 is 2.90 bits per heavy atom. The third-order valence-electron chi connectivity index (χ3n) is 4.29. The molecule has 0 radical (unpaired) electrons. The van der Waals surface area contributed by atoms with E-state index >= 15 is 0 Å². The molecule has 1 aromatic rings. The van der Waals surface area contributed by atoms with Crippen LogP contribution in [-0.2, 0) is 17.8 Å². The molecule has 1 atom stereocenters. The van der Waals surface area contributed by atoms with Gasteiger partial charge in [0.2, 0.25) is 0 Å². The largest absolute Gasteiger partial charge is 0.481 e. The lowest BCUT2D eigenvalue weighted by Gasteiger charge is -2.22. The van der Waals surface area contributed by atoms with E-state index in [0.29, 0.717) is 11.5 Å². The fourth-order valence-corrected chi connectivity index (χ4v) is 3.01. The fraction of sp³-hybridized carbons (Fsp3) is 0.500. The average molecular weight is 288 g/mol. The number of carbonyl (C=O) groups is 2. The molecule has 0 spiro atoms. The molecule has 0 saturated heterocycles. The highest BCUT2D eigenvalue weighted by Crippen LogP contribution is 2.34. The van der Waals surface area contributed by atoms with Gasteiger partial charge in [-0.15, -0.1) is 0 Å². The van der Waals surface area contributed by atoms with Crippen LogP contribution in [0.4, 0.5) is 0 Å². The molecule has 1 amide bonds. The summed E-state index contributed by atoms with van der Waals surface area (Å²) < 4.78 is 0. The third kappa shape index (κ3) is 3.24. The smallest absolute Gasteiger partial charge is 0.305 e. The predicted molar refractivity (Wildman–Crippen MR) is 78.1 cm³/mol. The van der Waals surface area contributed by atoms with Crippen molar-refractivity contribution in [3.05, 3.63) is 34.9 Å². The highest BCUT2D eigenvalue weighted by molar-refractivity contribution is 5.96. The maximum atomic E-state index is 12.5. The van der Waals surface area contributed by atoms with E-state index in [9.17, 15) is 9.59 Å². The van der Waals surface area contributed by atoms with Crippen molar-refractivity contribution in [1.82, 2.24) is 10.6 Å². The van der Waals surface area contributed by atoms with Crippen LogP contribution in [0.25, 0.3) is 0 Å². The van der Waals surface area contributed by atoms with E-state index in [4.69, 9.17) is 5.11 Å².